The average molecular weight is 276 g/mol. The summed E-state index contributed by atoms with van der Waals surface area (Å²) in [4.78, 5) is 0. The zero-order chi connectivity index (χ0) is 8.39. The summed E-state index contributed by atoms with van der Waals surface area (Å²) in [6.07, 6.45) is 6.81. The number of halogens is 1. The third-order valence-corrected chi connectivity index (χ3v) is 3.18. The summed E-state index contributed by atoms with van der Waals surface area (Å²) in [5, 5.41) is 0. The summed E-state index contributed by atoms with van der Waals surface area (Å²) >= 11 is 2.23. The van der Waals surface area contributed by atoms with Gasteiger partial charge in [0.25, 0.3) is 0 Å². The van der Waals surface area contributed by atoms with Gasteiger partial charge >= 0.3 is 0 Å². The van der Waals surface area contributed by atoms with E-state index in [-0.39, 0.29) is 0 Å². The zero-order valence-electron chi connectivity index (χ0n) is 7.05. The molecule has 0 radical (unpaired) electrons. The molecule has 0 N–H and O–H groups in total. The highest BCUT2D eigenvalue weighted by Crippen LogP contribution is 2.33. The predicted molar refractivity (Wildman–Crippen MR) is 57.3 cm³/mol. The van der Waals surface area contributed by atoms with Crippen molar-refractivity contribution in [3.63, 3.8) is 0 Å². The van der Waals surface area contributed by atoms with Crippen LogP contribution >= 0.6 is 22.6 Å². The molecule has 0 aliphatic heterocycles. The summed E-state index contributed by atoms with van der Waals surface area (Å²) in [6.45, 7) is 0. The van der Waals surface area contributed by atoms with Gasteiger partial charge in [0.2, 0.25) is 0 Å². The lowest BCUT2D eigenvalue weighted by molar-refractivity contribution is 0.367. The molecule has 1 fully saturated rings. The van der Waals surface area contributed by atoms with Crippen LogP contribution in [0.2, 0.25) is 0 Å². The Labute approximate surface area is 86.7 Å². The molecule has 0 spiro atoms. The van der Waals surface area contributed by atoms with Crippen molar-refractivity contribution in [3.05, 3.63) is 21.7 Å². The fraction of sp³-hybridized carbons (Fsp3) is 0.600. The third-order valence-electron chi connectivity index (χ3n) is 2.60. The maximum atomic E-state index is 5.61. The Morgan fingerprint density at radius 1 is 1.17 bits per heavy atom. The Morgan fingerprint density at radius 2 is 1.92 bits per heavy atom. The lowest BCUT2D eigenvalue weighted by Gasteiger charge is -2.18. The van der Waals surface area contributed by atoms with E-state index in [0.717, 1.165) is 3.77 Å². The largest absolute Gasteiger partial charge is 0.455 e. The highest BCUT2D eigenvalue weighted by molar-refractivity contribution is 14.1. The van der Waals surface area contributed by atoms with Crippen LogP contribution in [0.3, 0.4) is 0 Å². The molecule has 0 amide bonds. The summed E-state index contributed by atoms with van der Waals surface area (Å²) in [7, 11) is 0. The molecule has 0 atom stereocenters. The van der Waals surface area contributed by atoms with Crippen LogP contribution in [0.15, 0.2) is 16.5 Å². The number of furan rings is 1. The SMILES string of the molecule is Ic1ccc(C2CCCCC2)o1. The van der Waals surface area contributed by atoms with Crippen molar-refractivity contribution in [1.82, 2.24) is 0 Å². The monoisotopic (exact) mass is 276 g/mol. The van der Waals surface area contributed by atoms with Crippen LogP contribution in [-0.2, 0) is 0 Å². The maximum Gasteiger partial charge on any atom is 0.163 e. The van der Waals surface area contributed by atoms with Gasteiger partial charge in [0.05, 0.1) is 0 Å². The van der Waals surface area contributed by atoms with Gasteiger partial charge in [0, 0.05) is 5.92 Å². The van der Waals surface area contributed by atoms with Crippen molar-refractivity contribution in [3.8, 4) is 0 Å². The quantitative estimate of drug-likeness (QED) is 0.708. The first-order chi connectivity index (χ1) is 5.86. The Hall–Kier alpha value is 0.01000. The lowest BCUT2D eigenvalue weighted by Crippen LogP contribution is -2.02. The molecular formula is C10H13IO. The molecular weight excluding hydrogens is 263 g/mol. The Bertz CT molecular complexity index is 248. The molecule has 0 aromatic carbocycles. The van der Waals surface area contributed by atoms with Gasteiger partial charge in [0.1, 0.15) is 5.76 Å². The van der Waals surface area contributed by atoms with Crippen LogP contribution in [0.1, 0.15) is 43.8 Å². The minimum absolute atomic E-state index is 0.710. The highest BCUT2D eigenvalue weighted by atomic mass is 127. The Morgan fingerprint density at radius 3 is 2.50 bits per heavy atom. The molecule has 66 valence electrons. The molecule has 0 saturated heterocycles. The van der Waals surface area contributed by atoms with E-state index >= 15 is 0 Å². The molecule has 2 rings (SSSR count). The van der Waals surface area contributed by atoms with Crippen molar-refractivity contribution in [2.45, 2.75) is 38.0 Å². The first kappa shape index (κ1) is 8.60. The normalized spacial score (nSPS) is 19.8. The second-order valence-corrected chi connectivity index (χ2v) is 4.54. The second-order valence-electron chi connectivity index (χ2n) is 3.48. The molecule has 0 bridgehead atoms. The van der Waals surface area contributed by atoms with Crippen LogP contribution in [0.5, 0.6) is 0 Å². The molecule has 12 heavy (non-hydrogen) atoms. The topological polar surface area (TPSA) is 13.1 Å². The van der Waals surface area contributed by atoms with E-state index in [1.54, 1.807) is 0 Å². The van der Waals surface area contributed by atoms with Crippen LogP contribution in [0.4, 0.5) is 0 Å². The fourth-order valence-corrected chi connectivity index (χ4v) is 2.37. The van der Waals surface area contributed by atoms with E-state index in [2.05, 4.69) is 34.7 Å². The van der Waals surface area contributed by atoms with Crippen molar-refractivity contribution in [1.29, 1.82) is 0 Å². The third kappa shape index (κ3) is 1.84. The van der Waals surface area contributed by atoms with Gasteiger partial charge in [-0.15, -0.1) is 0 Å². The van der Waals surface area contributed by atoms with Gasteiger partial charge in [-0.25, -0.2) is 0 Å². The number of rotatable bonds is 1. The number of hydrogen-bond donors (Lipinski definition) is 0. The Balaban J connectivity index is 2.08. The molecule has 1 aliphatic rings. The van der Waals surface area contributed by atoms with E-state index in [0.29, 0.717) is 5.92 Å². The molecule has 1 aliphatic carbocycles. The first-order valence-corrected chi connectivity index (χ1v) is 5.69. The zero-order valence-corrected chi connectivity index (χ0v) is 9.21. The van der Waals surface area contributed by atoms with E-state index < -0.39 is 0 Å². The minimum Gasteiger partial charge on any atom is -0.455 e. The lowest BCUT2D eigenvalue weighted by atomic mass is 9.88. The van der Waals surface area contributed by atoms with E-state index in [1.165, 1.54) is 37.9 Å². The van der Waals surface area contributed by atoms with E-state index in [9.17, 15) is 0 Å². The molecule has 1 heterocycles. The highest BCUT2D eigenvalue weighted by Gasteiger charge is 2.17. The first-order valence-electron chi connectivity index (χ1n) is 4.61. The molecule has 2 heteroatoms. The molecule has 1 aromatic heterocycles. The van der Waals surface area contributed by atoms with E-state index in [4.69, 9.17) is 4.42 Å². The number of hydrogen-bond acceptors (Lipinski definition) is 1. The summed E-state index contributed by atoms with van der Waals surface area (Å²) in [5.41, 5.74) is 0. The second kappa shape index (κ2) is 3.81. The molecule has 1 aromatic rings. The average Bonchev–Trinajstić information content (AvgIpc) is 2.54. The van der Waals surface area contributed by atoms with Gasteiger partial charge in [-0.05, 0) is 47.6 Å². The van der Waals surface area contributed by atoms with Gasteiger partial charge in [-0.3, -0.25) is 0 Å². The summed E-state index contributed by atoms with van der Waals surface area (Å²) in [6, 6.07) is 4.20. The van der Waals surface area contributed by atoms with Crippen LogP contribution in [-0.4, -0.2) is 0 Å². The minimum atomic E-state index is 0.710. The smallest absolute Gasteiger partial charge is 0.163 e. The van der Waals surface area contributed by atoms with Crippen molar-refractivity contribution in [2.75, 3.05) is 0 Å². The molecule has 1 saturated carbocycles. The van der Waals surface area contributed by atoms with Gasteiger partial charge in [-0.1, -0.05) is 19.3 Å². The summed E-state index contributed by atoms with van der Waals surface area (Å²) < 4.78 is 6.63. The molecule has 1 nitrogen and oxygen atoms in total. The fourth-order valence-electron chi connectivity index (χ4n) is 1.93. The van der Waals surface area contributed by atoms with E-state index in [1.807, 2.05) is 0 Å². The standard InChI is InChI=1S/C10H13IO/c11-10-7-6-9(12-10)8-4-2-1-3-5-8/h6-8H,1-5H2. The Kier molecular flexibility index (Phi) is 2.73. The van der Waals surface area contributed by atoms with Crippen LogP contribution in [0, 0.1) is 3.77 Å². The van der Waals surface area contributed by atoms with Crippen molar-refractivity contribution >= 4 is 22.6 Å². The van der Waals surface area contributed by atoms with Crippen molar-refractivity contribution < 1.29 is 4.42 Å². The van der Waals surface area contributed by atoms with Crippen LogP contribution in [0.25, 0.3) is 0 Å². The van der Waals surface area contributed by atoms with Gasteiger partial charge in [0.15, 0.2) is 3.77 Å². The maximum absolute atomic E-state index is 5.61. The summed E-state index contributed by atoms with van der Waals surface area (Å²) in [5.74, 6) is 1.92. The molecule has 0 unspecified atom stereocenters. The van der Waals surface area contributed by atoms with Crippen LogP contribution < -0.4 is 0 Å². The van der Waals surface area contributed by atoms with Crippen molar-refractivity contribution in [2.24, 2.45) is 0 Å². The van der Waals surface area contributed by atoms with Gasteiger partial charge in [-0.2, -0.15) is 0 Å². The predicted octanol–water partition coefficient (Wildman–Crippen LogP) is 3.93. The van der Waals surface area contributed by atoms with Gasteiger partial charge < -0.3 is 4.42 Å².